The van der Waals surface area contributed by atoms with Gasteiger partial charge in [-0.1, -0.05) is 12.1 Å². The van der Waals surface area contributed by atoms with E-state index in [0.717, 1.165) is 47.5 Å². The fourth-order valence-corrected chi connectivity index (χ4v) is 2.99. The van der Waals surface area contributed by atoms with Crippen LogP contribution in [0.5, 0.6) is 11.5 Å². The monoisotopic (exact) mass is 380 g/mol. The van der Waals surface area contributed by atoms with Crippen molar-refractivity contribution >= 4 is 11.6 Å². The van der Waals surface area contributed by atoms with E-state index in [0.29, 0.717) is 26.3 Å². The number of rotatable bonds is 5. The number of nitrogens with one attached hydrogen (secondary N) is 2. The lowest BCUT2D eigenvalue weighted by Gasteiger charge is -2.11. The first-order valence-electron chi connectivity index (χ1n) is 9.53. The molecule has 1 aliphatic heterocycles. The Bertz CT molecular complexity index is 968. The maximum atomic E-state index is 5.76. The van der Waals surface area contributed by atoms with Gasteiger partial charge in [-0.3, -0.25) is 4.40 Å². The maximum absolute atomic E-state index is 5.76. The Morgan fingerprint density at radius 3 is 2.89 bits per heavy atom. The van der Waals surface area contributed by atoms with E-state index in [2.05, 4.69) is 25.8 Å². The Labute approximate surface area is 163 Å². The number of aliphatic imine (C=N–C) groups is 1. The van der Waals surface area contributed by atoms with Crippen LogP contribution in [0.15, 0.2) is 47.6 Å². The van der Waals surface area contributed by atoms with Crippen LogP contribution in [0, 0.1) is 0 Å². The third-order valence-electron chi connectivity index (χ3n) is 4.37. The van der Waals surface area contributed by atoms with Crippen LogP contribution in [-0.2, 0) is 13.1 Å². The molecule has 28 heavy (non-hydrogen) atoms. The summed E-state index contributed by atoms with van der Waals surface area (Å²) in [5, 5.41) is 15.0. The van der Waals surface area contributed by atoms with Crippen molar-refractivity contribution in [2.75, 3.05) is 19.8 Å². The average Bonchev–Trinajstić information content (AvgIpc) is 2.99. The number of pyridine rings is 1. The molecule has 146 valence electrons. The molecule has 1 aliphatic rings. The number of guanidine groups is 1. The van der Waals surface area contributed by atoms with Gasteiger partial charge in [-0.25, -0.2) is 4.99 Å². The highest BCUT2D eigenvalue weighted by Crippen LogP contribution is 2.30. The summed E-state index contributed by atoms with van der Waals surface area (Å²) in [5.41, 5.74) is 1.89. The molecule has 8 nitrogen and oxygen atoms in total. The zero-order valence-corrected chi connectivity index (χ0v) is 15.9. The minimum atomic E-state index is 0.526. The standard InChI is InChI=1S/C20H24N6O2/c1-2-21-20(23-14-19-25-24-18-6-3-4-9-26(18)19)22-13-15-7-8-16-17(12-15)28-11-5-10-27-16/h3-4,6-9,12H,2,5,10-11,13-14H2,1H3,(H2,21,22,23). The molecule has 0 fully saturated rings. The lowest BCUT2D eigenvalue weighted by Crippen LogP contribution is -2.37. The summed E-state index contributed by atoms with van der Waals surface area (Å²) in [6, 6.07) is 11.8. The number of fused-ring (bicyclic) bond motifs is 2. The fourth-order valence-electron chi connectivity index (χ4n) is 2.99. The van der Waals surface area contributed by atoms with Crippen LogP contribution in [0.1, 0.15) is 24.7 Å². The van der Waals surface area contributed by atoms with Gasteiger partial charge in [0.25, 0.3) is 0 Å². The highest BCUT2D eigenvalue weighted by atomic mass is 16.5. The zero-order valence-electron chi connectivity index (χ0n) is 15.9. The normalized spacial score (nSPS) is 14.0. The van der Waals surface area contributed by atoms with E-state index in [1.165, 1.54) is 0 Å². The van der Waals surface area contributed by atoms with Crippen molar-refractivity contribution in [2.24, 2.45) is 4.99 Å². The van der Waals surface area contributed by atoms with E-state index in [4.69, 9.17) is 9.47 Å². The molecule has 3 aromatic rings. The zero-order chi connectivity index (χ0) is 19.2. The molecule has 3 heterocycles. The summed E-state index contributed by atoms with van der Waals surface area (Å²) in [7, 11) is 0. The average molecular weight is 380 g/mol. The van der Waals surface area contributed by atoms with Gasteiger partial charge >= 0.3 is 0 Å². The highest BCUT2D eigenvalue weighted by molar-refractivity contribution is 5.79. The second-order valence-electron chi connectivity index (χ2n) is 6.43. The number of hydrogen-bond acceptors (Lipinski definition) is 5. The van der Waals surface area contributed by atoms with Gasteiger partial charge in [0.1, 0.15) is 0 Å². The molecule has 0 aliphatic carbocycles. The number of benzene rings is 1. The van der Waals surface area contributed by atoms with Crippen LogP contribution in [0.3, 0.4) is 0 Å². The quantitative estimate of drug-likeness (QED) is 0.521. The van der Waals surface area contributed by atoms with Crippen LogP contribution >= 0.6 is 0 Å². The molecule has 0 saturated carbocycles. The molecule has 2 aromatic heterocycles. The molecular formula is C20H24N6O2. The third-order valence-corrected chi connectivity index (χ3v) is 4.37. The summed E-state index contributed by atoms with van der Waals surface area (Å²) < 4.78 is 13.4. The molecule has 0 amide bonds. The first-order chi connectivity index (χ1) is 13.8. The minimum absolute atomic E-state index is 0.526. The molecule has 0 unspecified atom stereocenters. The summed E-state index contributed by atoms with van der Waals surface area (Å²) in [5.74, 6) is 3.14. The predicted octanol–water partition coefficient (Wildman–Crippen LogP) is 2.15. The number of hydrogen-bond donors (Lipinski definition) is 2. The first-order valence-corrected chi connectivity index (χ1v) is 9.53. The fraction of sp³-hybridized carbons (Fsp3) is 0.350. The summed E-state index contributed by atoms with van der Waals surface area (Å²) >= 11 is 0. The Morgan fingerprint density at radius 2 is 2.00 bits per heavy atom. The lowest BCUT2D eigenvalue weighted by molar-refractivity contribution is 0.297. The summed E-state index contributed by atoms with van der Waals surface area (Å²) in [4.78, 5) is 4.68. The van der Waals surface area contributed by atoms with Crippen LogP contribution in [0.4, 0.5) is 0 Å². The second kappa shape index (κ2) is 8.60. The molecule has 0 bridgehead atoms. The van der Waals surface area contributed by atoms with E-state index in [-0.39, 0.29) is 0 Å². The predicted molar refractivity (Wildman–Crippen MR) is 107 cm³/mol. The van der Waals surface area contributed by atoms with E-state index >= 15 is 0 Å². The van der Waals surface area contributed by atoms with Crippen molar-refractivity contribution in [3.63, 3.8) is 0 Å². The number of ether oxygens (including phenoxy) is 2. The Kier molecular flexibility index (Phi) is 5.56. The van der Waals surface area contributed by atoms with Gasteiger partial charge in [0.15, 0.2) is 28.9 Å². The van der Waals surface area contributed by atoms with Gasteiger partial charge < -0.3 is 20.1 Å². The molecule has 8 heteroatoms. The molecule has 0 atom stereocenters. The smallest absolute Gasteiger partial charge is 0.191 e. The van der Waals surface area contributed by atoms with Crippen LogP contribution in [0.25, 0.3) is 5.65 Å². The van der Waals surface area contributed by atoms with Crippen molar-refractivity contribution in [2.45, 2.75) is 26.4 Å². The SMILES string of the molecule is CCNC(=NCc1ccc2c(c1)OCCCO2)NCc1nnc2ccccn12. The lowest BCUT2D eigenvalue weighted by atomic mass is 10.2. The van der Waals surface area contributed by atoms with Gasteiger partial charge in [-0.15, -0.1) is 10.2 Å². The van der Waals surface area contributed by atoms with Gasteiger partial charge in [0.05, 0.1) is 26.3 Å². The van der Waals surface area contributed by atoms with E-state index in [9.17, 15) is 0 Å². The van der Waals surface area contributed by atoms with Crippen LogP contribution in [-0.4, -0.2) is 40.3 Å². The topological polar surface area (TPSA) is 85.1 Å². The summed E-state index contributed by atoms with van der Waals surface area (Å²) in [6.07, 6.45) is 2.85. The van der Waals surface area contributed by atoms with Crippen molar-refractivity contribution in [1.82, 2.24) is 25.2 Å². The Morgan fingerprint density at radius 1 is 1.11 bits per heavy atom. The molecule has 0 spiro atoms. The van der Waals surface area contributed by atoms with Crippen molar-refractivity contribution in [3.8, 4) is 11.5 Å². The van der Waals surface area contributed by atoms with E-state index < -0.39 is 0 Å². The van der Waals surface area contributed by atoms with E-state index in [1.807, 2.05) is 53.9 Å². The second-order valence-corrected chi connectivity index (χ2v) is 6.43. The number of nitrogens with zero attached hydrogens (tertiary/aromatic N) is 4. The largest absolute Gasteiger partial charge is 0.490 e. The molecule has 0 radical (unpaired) electrons. The van der Waals surface area contributed by atoms with Gasteiger partial charge in [0.2, 0.25) is 0 Å². The maximum Gasteiger partial charge on any atom is 0.191 e. The molecular weight excluding hydrogens is 356 g/mol. The van der Waals surface area contributed by atoms with Crippen LogP contribution in [0.2, 0.25) is 0 Å². The van der Waals surface area contributed by atoms with E-state index in [1.54, 1.807) is 0 Å². The van der Waals surface area contributed by atoms with Gasteiger partial charge in [-0.05, 0) is 36.8 Å². The first kappa shape index (κ1) is 18.1. The Hall–Kier alpha value is -3.29. The van der Waals surface area contributed by atoms with Gasteiger partial charge in [-0.2, -0.15) is 0 Å². The number of aromatic nitrogens is 3. The molecule has 0 saturated heterocycles. The van der Waals surface area contributed by atoms with Crippen molar-refractivity contribution in [1.29, 1.82) is 0 Å². The van der Waals surface area contributed by atoms with Crippen molar-refractivity contribution < 1.29 is 9.47 Å². The molecule has 4 rings (SSSR count). The van der Waals surface area contributed by atoms with Crippen LogP contribution < -0.4 is 20.1 Å². The summed E-state index contributed by atoms with van der Waals surface area (Å²) in [6.45, 7) is 5.24. The third kappa shape index (κ3) is 4.16. The highest BCUT2D eigenvalue weighted by Gasteiger charge is 2.11. The Balaban J connectivity index is 1.44. The molecule has 1 aromatic carbocycles. The minimum Gasteiger partial charge on any atom is -0.490 e. The molecule has 2 N–H and O–H groups in total. The van der Waals surface area contributed by atoms with Crippen molar-refractivity contribution in [3.05, 3.63) is 54.0 Å². The van der Waals surface area contributed by atoms with Gasteiger partial charge in [0, 0.05) is 19.2 Å².